The number of nitrogens with zero attached hydrogens (tertiary/aromatic N) is 5. The SMILES string of the molecule is N#Cc1ccc(Cn2c(N3CCCC(N)C3)nc3cc(F)cc(F)c32)nc1. The lowest BCUT2D eigenvalue weighted by Crippen LogP contribution is -2.44. The van der Waals surface area contributed by atoms with Gasteiger partial charge in [-0.25, -0.2) is 13.8 Å². The van der Waals surface area contributed by atoms with E-state index in [-0.39, 0.29) is 23.6 Å². The summed E-state index contributed by atoms with van der Waals surface area (Å²) in [7, 11) is 0. The van der Waals surface area contributed by atoms with E-state index in [1.165, 1.54) is 12.3 Å². The number of aromatic nitrogens is 3. The van der Waals surface area contributed by atoms with Crippen LogP contribution in [0.2, 0.25) is 0 Å². The Kier molecular flexibility index (Phi) is 4.46. The molecule has 3 aromatic rings. The van der Waals surface area contributed by atoms with E-state index < -0.39 is 11.6 Å². The molecule has 0 bridgehead atoms. The second-order valence-corrected chi connectivity index (χ2v) is 6.75. The van der Waals surface area contributed by atoms with Gasteiger partial charge in [-0.05, 0) is 25.0 Å². The second kappa shape index (κ2) is 6.93. The van der Waals surface area contributed by atoms with Crippen molar-refractivity contribution in [1.82, 2.24) is 14.5 Å². The first-order valence-corrected chi connectivity index (χ1v) is 8.76. The third-order valence-corrected chi connectivity index (χ3v) is 4.75. The summed E-state index contributed by atoms with van der Waals surface area (Å²) in [5.74, 6) is -0.780. The average molecular weight is 368 g/mol. The van der Waals surface area contributed by atoms with E-state index in [0.717, 1.165) is 25.5 Å². The lowest BCUT2D eigenvalue weighted by Gasteiger charge is -2.32. The molecule has 1 unspecified atom stereocenters. The maximum absolute atomic E-state index is 14.6. The molecule has 0 spiro atoms. The number of piperidine rings is 1. The maximum atomic E-state index is 14.6. The molecule has 0 amide bonds. The molecule has 1 aliphatic rings. The molecule has 0 saturated carbocycles. The van der Waals surface area contributed by atoms with Gasteiger partial charge in [0.05, 0.1) is 23.3 Å². The van der Waals surface area contributed by atoms with Crippen LogP contribution in [0.5, 0.6) is 0 Å². The third kappa shape index (κ3) is 3.34. The summed E-state index contributed by atoms with van der Waals surface area (Å²) in [5, 5.41) is 8.92. The van der Waals surface area contributed by atoms with Crippen LogP contribution in [-0.2, 0) is 6.54 Å². The first kappa shape index (κ1) is 17.4. The molecular weight excluding hydrogens is 350 g/mol. The minimum Gasteiger partial charge on any atom is -0.341 e. The summed E-state index contributed by atoms with van der Waals surface area (Å²) in [6.07, 6.45) is 3.31. The van der Waals surface area contributed by atoms with Gasteiger partial charge < -0.3 is 15.2 Å². The van der Waals surface area contributed by atoms with Gasteiger partial charge in [0, 0.05) is 37.5 Å². The molecule has 6 nitrogen and oxygen atoms in total. The molecule has 1 fully saturated rings. The minimum atomic E-state index is -0.668. The molecule has 1 saturated heterocycles. The van der Waals surface area contributed by atoms with Gasteiger partial charge in [0.25, 0.3) is 0 Å². The van der Waals surface area contributed by atoms with Crippen molar-refractivity contribution in [2.45, 2.75) is 25.4 Å². The van der Waals surface area contributed by atoms with E-state index >= 15 is 0 Å². The lowest BCUT2D eigenvalue weighted by molar-refractivity contribution is 0.494. The Balaban J connectivity index is 1.82. The molecule has 1 atom stereocenters. The maximum Gasteiger partial charge on any atom is 0.207 e. The number of anilines is 1. The van der Waals surface area contributed by atoms with Gasteiger partial charge >= 0.3 is 0 Å². The normalized spacial score (nSPS) is 17.3. The Hall–Kier alpha value is -3.05. The molecule has 8 heteroatoms. The van der Waals surface area contributed by atoms with E-state index in [2.05, 4.69) is 9.97 Å². The van der Waals surface area contributed by atoms with Gasteiger partial charge in [0.2, 0.25) is 5.95 Å². The van der Waals surface area contributed by atoms with Crippen molar-refractivity contribution in [3.8, 4) is 6.07 Å². The number of hydrogen-bond acceptors (Lipinski definition) is 5. The molecule has 4 rings (SSSR count). The molecule has 3 heterocycles. The van der Waals surface area contributed by atoms with Crippen molar-refractivity contribution >= 4 is 17.0 Å². The highest BCUT2D eigenvalue weighted by atomic mass is 19.1. The highest BCUT2D eigenvalue weighted by Gasteiger charge is 2.24. The van der Waals surface area contributed by atoms with Crippen molar-refractivity contribution < 1.29 is 8.78 Å². The number of halogens is 2. The number of nitrogens with two attached hydrogens (primary N) is 1. The fourth-order valence-corrected chi connectivity index (χ4v) is 3.50. The van der Waals surface area contributed by atoms with Gasteiger partial charge in [-0.1, -0.05) is 0 Å². The predicted octanol–water partition coefficient (Wildman–Crippen LogP) is 2.56. The van der Waals surface area contributed by atoms with Crippen LogP contribution in [0.1, 0.15) is 24.1 Å². The molecule has 1 aliphatic heterocycles. The summed E-state index contributed by atoms with van der Waals surface area (Å²) in [5.41, 5.74) is 7.68. The largest absolute Gasteiger partial charge is 0.341 e. The molecule has 1 aromatic carbocycles. The Morgan fingerprint density at radius 3 is 2.85 bits per heavy atom. The summed E-state index contributed by atoms with van der Waals surface area (Å²) < 4.78 is 30.0. The van der Waals surface area contributed by atoms with Gasteiger partial charge in [0.1, 0.15) is 17.4 Å². The van der Waals surface area contributed by atoms with Crippen LogP contribution in [0.4, 0.5) is 14.7 Å². The third-order valence-electron chi connectivity index (χ3n) is 4.75. The van der Waals surface area contributed by atoms with Crippen LogP contribution < -0.4 is 10.6 Å². The average Bonchev–Trinajstić information content (AvgIpc) is 3.01. The lowest BCUT2D eigenvalue weighted by atomic mass is 10.1. The molecular formula is C19H18F2N6. The molecule has 27 heavy (non-hydrogen) atoms. The van der Waals surface area contributed by atoms with Gasteiger partial charge in [0.15, 0.2) is 5.82 Å². The van der Waals surface area contributed by atoms with Crippen LogP contribution in [-0.4, -0.2) is 33.7 Å². The summed E-state index contributed by atoms with van der Waals surface area (Å²) in [6, 6.07) is 7.51. The fraction of sp³-hybridized carbons (Fsp3) is 0.316. The first-order chi connectivity index (χ1) is 13.0. The number of fused-ring (bicyclic) bond motifs is 1. The number of rotatable bonds is 3. The van der Waals surface area contributed by atoms with Crippen LogP contribution in [0.15, 0.2) is 30.5 Å². The van der Waals surface area contributed by atoms with Crippen molar-refractivity contribution in [2.75, 3.05) is 18.0 Å². The van der Waals surface area contributed by atoms with Crippen molar-refractivity contribution in [2.24, 2.45) is 5.73 Å². The van der Waals surface area contributed by atoms with Gasteiger partial charge in [-0.2, -0.15) is 5.26 Å². The summed E-state index contributed by atoms with van der Waals surface area (Å²) in [6.45, 7) is 1.61. The Bertz CT molecular complexity index is 1020. The smallest absolute Gasteiger partial charge is 0.207 e. The Morgan fingerprint density at radius 2 is 2.15 bits per heavy atom. The predicted molar refractivity (Wildman–Crippen MR) is 97.1 cm³/mol. The first-order valence-electron chi connectivity index (χ1n) is 8.76. The van der Waals surface area contributed by atoms with Crippen molar-refractivity contribution in [3.05, 3.63) is 53.4 Å². The molecule has 0 radical (unpaired) electrons. The zero-order chi connectivity index (χ0) is 19.0. The summed E-state index contributed by atoms with van der Waals surface area (Å²) >= 11 is 0. The highest BCUT2D eigenvalue weighted by Crippen LogP contribution is 2.28. The van der Waals surface area contributed by atoms with Crippen molar-refractivity contribution in [1.29, 1.82) is 5.26 Å². The fourth-order valence-electron chi connectivity index (χ4n) is 3.50. The molecule has 2 aromatic heterocycles. The molecule has 2 N–H and O–H groups in total. The van der Waals surface area contributed by atoms with Crippen molar-refractivity contribution in [3.63, 3.8) is 0 Å². The Morgan fingerprint density at radius 1 is 1.30 bits per heavy atom. The van der Waals surface area contributed by atoms with E-state index in [9.17, 15) is 8.78 Å². The standard InChI is InChI=1S/C19H18F2N6/c20-13-6-16(21)18-17(7-13)25-19(26-5-1-2-14(23)10-26)27(18)11-15-4-3-12(8-22)9-24-15/h3-4,6-7,9,14H,1-2,5,10-11,23H2. The van der Waals surface area contributed by atoms with E-state index in [1.54, 1.807) is 16.7 Å². The van der Waals surface area contributed by atoms with E-state index in [0.29, 0.717) is 23.8 Å². The van der Waals surface area contributed by atoms with Gasteiger partial charge in [-0.3, -0.25) is 4.98 Å². The topological polar surface area (TPSA) is 83.8 Å². The molecule has 0 aliphatic carbocycles. The van der Waals surface area contributed by atoms with E-state index in [4.69, 9.17) is 11.0 Å². The Labute approximate surface area is 154 Å². The quantitative estimate of drug-likeness (QED) is 0.768. The van der Waals surface area contributed by atoms with Gasteiger partial charge in [-0.15, -0.1) is 0 Å². The highest BCUT2D eigenvalue weighted by molar-refractivity contribution is 5.80. The van der Waals surface area contributed by atoms with E-state index in [1.807, 2.05) is 11.0 Å². The molecule has 138 valence electrons. The van der Waals surface area contributed by atoms with Crippen LogP contribution in [0.3, 0.4) is 0 Å². The number of benzene rings is 1. The number of imidazole rings is 1. The number of hydrogen-bond donors (Lipinski definition) is 1. The number of pyridine rings is 1. The van der Waals surface area contributed by atoms with Crippen LogP contribution in [0, 0.1) is 23.0 Å². The number of nitriles is 1. The van der Waals surface area contributed by atoms with Crippen LogP contribution >= 0.6 is 0 Å². The zero-order valence-corrected chi connectivity index (χ0v) is 14.6. The zero-order valence-electron chi connectivity index (χ0n) is 14.6. The summed E-state index contributed by atoms with van der Waals surface area (Å²) in [4.78, 5) is 10.8. The van der Waals surface area contributed by atoms with Crippen LogP contribution in [0.25, 0.3) is 11.0 Å². The monoisotopic (exact) mass is 368 g/mol. The second-order valence-electron chi connectivity index (χ2n) is 6.75. The minimum absolute atomic E-state index is 0.0154.